The van der Waals surface area contributed by atoms with Gasteiger partial charge in [0, 0.05) is 19.3 Å². The van der Waals surface area contributed by atoms with Crippen LogP contribution in [0.1, 0.15) is 37.7 Å². The molecule has 1 saturated carbocycles. The van der Waals surface area contributed by atoms with Crippen molar-refractivity contribution in [2.24, 2.45) is 5.92 Å². The molecule has 0 amide bonds. The molecule has 1 aromatic rings. The quantitative estimate of drug-likeness (QED) is 0.869. The summed E-state index contributed by atoms with van der Waals surface area (Å²) in [7, 11) is 2.20. The van der Waals surface area contributed by atoms with Crippen molar-refractivity contribution in [1.82, 2.24) is 9.88 Å². The monoisotopic (exact) mass is 233 g/mol. The molecule has 17 heavy (non-hydrogen) atoms. The van der Waals surface area contributed by atoms with Gasteiger partial charge < -0.3 is 10.6 Å². The van der Waals surface area contributed by atoms with Crippen molar-refractivity contribution < 1.29 is 0 Å². The van der Waals surface area contributed by atoms with Gasteiger partial charge in [-0.15, -0.1) is 0 Å². The average molecular weight is 233 g/mol. The predicted molar refractivity (Wildman–Crippen MR) is 71.6 cm³/mol. The van der Waals surface area contributed by atoms with E-state index in [4.69, 9.17) is 5.73 Å². The van der Waals surface area contributed by atoms with E-state index in [0.29, 0.717) is 5.82 Å². The summed E-state index contributed by atoms with van der Waals surface area (Å²) in [6, 6.07) is 3.95. The molecule has 0 unspecified atom stereocenters. The maximum atomic E-state index is 5.58. The highest BCUT2D eigenvalue weighted by molar-refractivity contribution is 5.29. The van der Waals surface area contributed by atoms with Crippen LogP contribution < -0.4 is 5.73 Å². The Hall–Kier alpha value is -1.09. The van der Waals surface area contributed by atoms with E-state index >= 15 is 0 Å². The lowest BCUT2D eigenvalue weighted by molar-refractivity contribution is 0.228. The van der Waals surface area contributed by atoms with E-state index in [2.05, 4.69) is 23.0 Å². The molecule has 1 aromatic heterocycles. The molecule has 0 bridgehead atoms. The van der Waals surface area contributed by atoms with E-state index < -0.39 is 0 Å². The van der Waals surface area contributed by atoms with Crippen LogP contribution in [-0.2, 0) is 6.54 Å². The van der Waals surface area contributed by atoms with Gasteiger partial charge in [-0.05, 0) is 37.4 Å². The molecule has 3 nitrogen and oxygen atoms in total. The zero-order valence-corrected chi connectivity index (χ0v) is 10.7. The Balaban J connectivity index is 1.79. The molecule has 0 aromatic carbocycles. The maximum absolute atomic E-state index is 5.58. The Morgan fingerprint density at radius 3 is 2.71 bits per heavy atom. The van der Waals surface area contributed by atoms with Gasteiger partial charge in [-0.3, -0.25) is 0 Å². The van der Waals surface area contributed by atoms with Crippen molar-refractivity contribution in [3.63, 3.8) is 0 Å². The fourth-order valence-corrected chi connectivity index (χ4v) is 2.72. The minimum Gasteiger partial charge on any atom is -0.384 e. The van der Waals surface area contributed by atoms with Crippen molar-refractivity contribution in [1.29, 1.82) is 0 Å². The summed E-state index contributed by atoms with van der Waals surface area (Å²) in [4.78, 5) is 6.54. The van der Waals surface area contributed by atoms with E-state index in [1.165, 1.54) is 44.2 Å². The van der Waals surface area contributed by atoms with E-state index in [0.717, 1.165) is 12.5 Å². The molecule has 0 radical (unpaired) electrons. The largest absolute Gasteiger partial charge is 0.384 e. The fraction of sp³-hybridized carbons (Fsp3) is 0.643. The summed E-state index contributed by atoms with van der Waals surface area (Å²) in [5.41, 5.74) is 6.83. The Morgan fingerprint density at radius 2 is 2.06 bits per heavy atom. The van der Waals surface area contributed by atoms with Gasteiger partial charge in [0.25, 0.3) is 0 Å². The molecule has 3 heteroatoms. The van der Waals surface area contributed by atoms with Crippen LogP contribution >= 0.6 is 0 Å². The van der Waals surface area contributed by atoms with Gasteiger partial charge >= 0.3 is 0 Å². The van der Waals surface area contributed by atoms with Crippen molar-refractivity contribution in [3.05, 3.63) is 23.9 Å². The molecule has 1 heterocycles. The number of anilines is 1. The van der Waals surface area contributed by atoms with Crippen LogP contribution in [0.4, 0.5) is 5.82 Å². The number of nitrogens with zero attached hydrogens (tertiary/aromatic N) is 2. The normalized spacial score (nSPS) is 17.5. The lowest BCUT2D eigenvalue weighted by atomic mass is 9.89. The van der Waals surface area contributed by atoms with Gasteiger partial charge in [0.15, 0.2) is 0 Å². The third-order valence-corrected chi connectivity index (χ3v) is 3.59. The Morgan fingerprint density at radius 1 is 1.29 bits per heavy atom. The first-order valence-corrected chi connectivity index (χ1v) is 6.63. The van der Waals surface area contributed by atoms with Crippen LogP contribution in [0.5, 0.6) is 0 Å². The molecule has 2 N–H and O–H groups in total. The number of aromatic nitrogens is 1. The minimum atomic E-state index is 0.601. The van der Waals surface area contributed by atoms with Crippen molar-refractivity contribution in [2.45, 2.75) is 38.6 Å². The molecule has 2 rings (SSSR count). The van der Waals surface area contributed by atoms with Crippen molar-refractivity contribution in [3.8, 4) is 0 Å². The topological polar surface area (TPSA) is 42.1 Å². The first-order valence-electron chi connectivity index (χ1n) is 6.63. The first kappa shape index (κ1) is 12.4. The highest BCUT2D eigenvalue weighted by Gasteiger charge is 2.15. The number of nitrogens with two attached hydrogens (primary N) is 1. The SMILES string of the molecule is CN(Cc1ccc(N)nc1)CC1CCCCC1. The van der Waals surface area contributed by atoms with Crippen LogP contribution in [0.25, 0.3) is 0 Å². The molecule has 0 saturated heterocycles. The fourth-order valence-electron chi connectivity index (χ4n) is 2.72. The molecular formula is C14H23N3. The van der Waals surface area contributed by atoms with E-state index in [9.17, 15) is 0 Å². The summed E-state index contributed by atoms with van der Waals surface area (Å²) in [5, 5.41) is 0. The zero-order chi connectivity index (χ0) is 12.1. The number of hydrogen-bond donors (Lipinski definition) is 1. The zero-order valence-electron chi connectivity index (χ0n) is 10.7. The van der Waals surface area contributed by atoms with Gasteiger partial charge in [-0.1, -0.05) is 25.3 Å². The molecule has 94 valence electrons. The van der Waals surface area contributed by atoms with Crippen molar-refractivity contribution in [2.75, 3.05) is 19.3 Å². The number of pyridine rings is 1. The second kappa shape index (κ2) is 6.01. The number of hydrogen-bond acceptors (Lipinski definition) is 3. The average Bonchev–Trinajstić information content (AvgIpc) is 2.33. The second-order valence-electron chi connectivity index (χ2n) is 5.29. The molecule has 1 aliphatic carbocycles. The van der Waals surface area contributed by atoms with Crippen molar-refractivity contribution >= 4 is 5.82 Å². The second-order valence-corrected chi connectivity index (χ2v) is 5.29. The van der Waals surface area contributed by atoms with E-state index in [1.807, 2.05) is 12.3 Å². The van der Waals surface area contributed by atoms with Crippen LogP contribution in [0.15, 0.2) is 18.3 Å². The number of nitrogen functional groups attached to an aromatic ring is 1. The standard InChI is InChI=1S/C14H23N3/c1-17(10-12-5-3-2-4-6-12)11-13-7-8-14(15)16-9-13/h7-9,12H,2-6,10-11H2,1H3,(H2,15,16). The smallest absolute Gasteiger partial charge is 0.123 e. The predicted octanol–water partition coefficient (Wildman–Crippen LogP) is 2.68. The molecule has 1 fully saturated rings. The lowest BCUT2D eigenvalue weighted by Gasteiger charge is -2.26. The molecular weight excluding hydrogens is 210 g/mol. The Labute approximate surface area is 104 Å². The highest BCUT2D eigenvalue weighted by Crippen LogP contribution is 2.24. The summed E-state index contributed by atoms with van der Waals surface area (Å²) in [6.45, 7) is 2.19. The molecule has 0 atom stereocenters. The minimum absolute atomic E-state index is 0.601. The first-order chi connectivity index (χ1) is 8.24. The van der Waals surface area contributed by atoms with Gasteiger partial charge in [0.05, 0.1) is 0 Å². The Kier molecular flexibility index (Phi) is 4.37. The van der Waals surface area contributed by atoms with Gasteiger partial charge in [-0.2, -0.15) is 0 Å². The van der Waals surface area contributed by atoms with Crippen LogP contribution in [0.2, 0.25) is 0 Å². The third-order valence-electron chi connectivity index (χ3n) is 3.59. The molecule has 0 spiro atoms. The number of rotatable bonds is 4. The summed E-state index contributed by atoms with van der Waals surface area (Å²) in [5.74, 6) is 1.50. The summed E-state index contributed by atoms with van der Waals surface area (Å²) in [6.07, 6.45) is 8.97. The van der Waals surface area contributed by atoms with Crippen LogP contribution in [0, 0.1) is 5.92 Å². The van der Waals surface area contributed by atoms with Gasteiger partial charge in [-0.25, -0.2) is 4.98 Å². The summed E-state index contributed by atoms with van der Waals surface area (Å²) < 4.78 is 0. The Bertz CT molecular complexity index is 328. The highest BCUT2D eigenvalue weighted by atomic mass is 15.1. The van der Waals surface area contributed by atoms with Crippen LogP contribution in [0.3, 0.4) is 0 Å². The summed E-state index contributed by atoms with van der Waals surface area (Å²) >= 11 is 0. The third kappa shape index (κ3) is 4.00. The van der Waals surface area contributed by atoms with E-state index in [-0.39, 0.29) is 0 Å². The molecule has 0 aliphatic heterocycles. The van der Waals surface area contributed by atoms with Crippen LogP contribution in [-0.4, -0.2) is 23.5 Å². The maximum Gasteiger partial charge on any atom is 0.123 e. The van der Waals surface area contributed by atoms with Gasteiger partial charge in [0.2, 0.25) is 0 Å². The van der Waals surface area contributed by atoms with Gasteiger partial charge in [0.1, 0.15) is 5.82 Å². The molecule has 1 aliphatic rings. The van der Waals surface area contributed by atoms with E-state index in [1.54, 1.807) is 0 Å². The lowest BCUT2D eigenvalue weighted by Crippen LogP contribution is -2.26.